The predicted molar refractivity (Wildman–Crippen MR) is 50.5 cm³/mol. The lowest BCUT2D eigenvalue weighted by atomic mass is 10.2. The highest BCUT2D eigenvalue weighted by atomic mass is 15.0. The zero-order valence-electron chi connectivity index (χ0n) is 7.59. The first-order chi connectivity index (χ1) is 5.79. The van der Waals surface area contributed by atoms with Gasteiger partial charge in [-0.05, 0) is 25.5 Å². The number of aromatic nitrogens is 1. The summed E-state index contributed by atoms with van der Waals surface area (Å²) < 4.78 is 2.11. The fourth-order valence-corrected chi connectivity index (χ4v) is 1.15. The maximum atomic E-state index is 5.54. The minimum absolute atomic E-state index is 0.610. The molecule has 0 saturated carbocycles. The van der Waals surface area contributed by atoms with Gasteiger partial charge in [-0.2, -0.15) is 0 Å². The van der Waals surface area contributed by atoms with Crippen molar-refractivity contribution >= 4 is 0 Å². The van der Waals surface area contributed by atoms with Gasteiger partial charge in [-0.1, -0.05) is 5.92 Å². The van der Waals surface area contributed by atoms with Crippen LogP contribution < -0.4 is 5.73 Å². The Labute approximate surface area is 73.4 Å². The summed E-state index contributed by atoms with van der Waals surface area (Å²) >= 11 is 0. The molecule has 0 aromatic carbocycles. The second kappa shape index (κ2) is 3.99. The molecule has 0 bridgehead atoms. The first kappa shape index (κ1) is 8.89. The van der Waals surface area contributed by atoms with Gasteiger partial charge in [0.05, 0.1) is 6.54 Å². The second-order valence-electron chi connectivity index (χ2n) is 2.69. The molecule has 12 heavy (non-hydrogen) atoms. The molecule has 2 heteroatoms. The van der Waals surface area contributed by atoms with Gasteiger partial charge in [-0.15, -0.1) is 5.92 Å². The molecule has 0 amide bonds. The van der Waals surface area contributed by atoms with Crippen LogP contribution in [0.5, 0.6) is 0 Å². The van der Waals surface area contributed by atoms with Crippen molar-refractivity contribution in [3.63, 3.8) is 0 Å². The van der Waals surface area contributed by atoms with Gasteiger partial charge in [0, 0.05) is 18.4 Å². The number of hydrogen-bond donors (Lipinski definition) is 1. The zero-order valence-corrected chi connectivity index (χ0v) is 7.59. The maximum Gasteiger partial charge on any atom is 0.0834 e. The summed E-state index contributed by atoms with van der Waals surface area (Å²) in [5.74, 6) is 5.88. The molecule has 0 radical (unpaired) electrons. The summed E-state index contributed by atoms with van der Waals surface area (Å²) in [4.78, 5) is 0. The molecule has 1 aromatic heterocycles. The molecule has 0 spiro atoms. The molecule has 0 unspecified atom stereocenters. The molecule has 0 atom stereocenters. The Hall–Kier alpha value is -1.20. The van der Waals surface area contributed by atoms with Crippen LogP contribution in [0.15, 0.2) is 12.3 Å². The fraction of sp³-hybridized carbons (Fsp3) is 0.400. The third-order valence-electron chi connectivity index (χ3n) is 2.00. The monoisotopic (exact) mass is 162 g/mol. The summed E-state index contributed by atoms with van der Waals surface area (Å²) in [6.07, 6.45) is 2.03. The molecule has 1 aromatic rings. The first-order valence-electron chi connectivity index (χ1n) is 4.04. The normalized spacial score (nSPS) is 9.25. The van der Waals surface area contributed by atoms with Crippen molar-refractivity contribution in [2.45, 2.75) is 26.9 Å². The number of rotatable bonds is 2. The Kier molecular flexibility index (Phi) is 2.95. The molecule has 2 N–H and O–H groups in total. The first-order valence-corrected chi connectivity index (χ1v) is 4.04. The van der Waals surface area contributed by atoms with Crippen molar-refractivity contribution in [3.8, 4) is 11.8 Å². The topological polar surface area (TPSA) is 30.9 Å². The summed E-state index contributed by atoms with van der Waals surface area (Å²) in [6.45, 7) is 5.29. The molecule has 0 aliphatic heterocycles. The third kappa shape index (κ3) is 1.69. The van der Waals surface area contributed by atoms with Crippen LogP contribution in [-0.2, 0) is 13.1 Å². The van der Waals surface area contributed by atoms with E-state index in [0.29, 0.717) is 6.54 Å². The number of nitrogens with two attached hydrogens (primary N) is 1. The van der Waals surface area contributed by atoms with Crippen molar-refractivity contribution < 1.29 is 0 Å². The molecule has 0 aliphatic rings. The van der Waals surface area contributed by atoms with Crippen LogP contribution in [-0.4, -0.2) is 4.57 Å². The smallest absolute Gasteiger partial charge is 0.0834 e. The van der Waals surface area contributed by atoms with Crippen molar-refractivity contribution in [2.24, 2.45) is 5.73 Å². The second-order valence-corrected chi connectivity index (χ2v) is 2.69. The SMILES string of the molecule is CC#CCn1ccc(CN)c1C. The summed E-state index contributed by atoms with van der Waals surface area (Å²) in [5, 5.41) is 0. The molecule has 1 heterocycles. The van der Waals surface area contributed by atoms with E-state index in [4.69, 9.17) is 5.73 Å². The highest BCUT2D eigenvalue weighted by molar-refractivity contribution is 5.21. The van der Waals surface area contributed by atoms with E-state index in [1.165, 1.54) is 11.3 Å². The van der Waals surface area contributed by atoms with Crippen LogP contribution in [0.1, 0.15) is 18.2 Å². The van der Waals surface area contributed by atoms with Crippen molar-refractivity contribution in [1.82, 2.24) is 4.57 Å². The highest BCUT2D eigenvalue weighted by Crippen LogP contribution is 2.08. The Morgan fingerprint density at radius 2 is 2.33 bits per heavy atom. The van der Waals surface area contributed by atoms with Gasteiger partial charge in [0.1, 0.15) is 0 Å². The number of nitrogens with zero attached hydrogens (tertiary/aromatic N) is 1. The molecule has 0 fully saturated rings. The van der Waals surface area contributed by atoms with E-state index in [1.807, 2.05) is 19.2 Å². The van der Waals surface area contributed by atoms with Crippen LogP contribution in [0.3, 0.4) is 0 Å². The van der Waals surface area contributed by atoms with Gasteiger partial charge in [-0.25, -0.2) is 0 Å². The third-order valence-corrected chi connectivity index (χ3v) is 2.00. The standard InChI is InChI=1S/C10H14N2/c1-3-4-6-12-7-5-10(8-11)9(12)2/h5,7H,6,8,11H2,1-2H3. The highest BCUT2D eigenvalue weighted by Gasteiger charge is 2.00. The lowest BCUT2D eigenvalue weighted by molar-refractivity contribution is 0.805. The van der Waals surface area contributed by atoms with Crippen molar-refractivity contribution in [1.29, 1.82) is 0 Å². The van der Waals surface area contributed by atoms with E-state index in [-0.39, 0.29) is 0 Å². The van der Waals surface area contributed by atoms with Crippen molar-refractivity contribution in [3.05, 3.63) is 23.5 Å². The van der Waals surface area contributed by atoms with Crippen LogP contribution in [0.2, 0.25) is 0 Å². The van der Waals surface area contributed by atoms with Gasteiger partial charge in [0.15, 0.2) is 0 Å². The van der Waals surface area contributed by atoms with E-state index in [1.54, 1.807) is 0 Å². The lowest BCUT2D eigenvalue weighted by Crippen LogP contribution is -2.01. The quantitative estimate of drug-likeness (QED) is 0.652. The lowest BCUT2D eigenvalue weighted by Gasteiger charge is -2.01. The Bertz CT molecular complexity index is 312. The summed E-state index contributed by atoms with van der Waals surface area (Å²) in [5.41, 5.74) is 7.97. The average molecular weight is 162 g/mol. The van der Waals surface area contributed by atoms with Gasteiger partial charge >= 0.3 is 0 Å². The van der Waals surface area contributed by atoms with Crippen LogP contribution in [0, 0.1) is 18.8 Å². The van der Waals surface area contributed by atoms with E-state index < -0.39 is 0 Å². The van der Waals surface area contributed by atoms with Crippen molar-refractivity contribution in [2.75, 3.05) is 0 Å². The Balaban J connectivity index is 2.84. The fourth-order valence-electron chi connectivity index (χ4n) is 1.15. The number of hydrogen-bond acceptors (Lipinski definition) is 1. The van der Waals surface area contributed by atoms with E-state index in [0.717, 1.165) is 6.54 Å². The van der Waals surface area contributed by atoms with Gasteiger partial charge in [0.2, 0.25) is 0 Å². The molecule has 0 saturated heterocycles. The summed E-state index contributed by atoms with van der Waals surface area (Å²) in [6, 6.07) is 2.05. The minimum atomic E-state index is 0.610. The van der Waals surface area contributed by atoms with Crippen LogP contribution >= 0.6 is 0 Å². The van der Waals surface area contributed by atoms with Crippen LogP contribution in [0.25, 0.3) is 0 Å². The largest absolute Gasteiger partial charge is 0.340 e. The van der Waals surface area contributed by atoms with Gasteiger partial charge < -0.3 is 10.3 Å². The average Bonchev–Trinajstić information content (AvgIpc) is 2.43. The Morgan fingerprint density at radius 3 is 2.83 bits per heavy atom. The van der Waals surface area contributed by atoms with Gasteiger partial charge in [-0.3, -0.25) is 0 Å². The predicted octanol–water partition coefficient (Wildman–Crippen LogP) is 1.28. The zero-order chi connectivity index (χ0) is 8.97. The molecular formula is C10H14N2. The molecule has 2 nitrogen and oxygen atoms in total. The van der Waals surface area contributed by atoms with E-state index in [2.05, 4.69) is 23.3 Å². The van der Waals surface area contributed by atoms with E-state index in [9.17, 15) is 0 Å². The minimum Gasteiger partial charge on any atom is -0.340 e. The molecule has 0 aliphatic carbocycles. The van der Waals surface area contributed by atoms with E-state index >= 15 is 0 Å². The molecule has 1 rings (SSSR count). The van der Waals surface area contributed by atoms with Crippen LogP contribution in [0.4, 0.5) is 0 Å². The molecular weight excluding hydrogens is 148 g/mol. The summed E-state index contributed by atoms with van der Waals surface area (Å²) in [7, 11) is 0. The maximum absolute atomic E-state index is 5.54. The van der Waals surface area contributed by atoms with Gasteiger partial charge in [0.25, 0.3) is 0 Å². The Morgan fingerprint density at radius 1 is 1.58 bits per heavy atom. The molecule has 64 valence electrons.